The van der Waals surface area contributed by atoms with Crippen molar-refractivity contribution in [1.29, 1.82) is 0 Å². The number of esters is 1. The van der Waals surface area contributed by atoms with Crippen molar-refractivity contribution in [3.8, 4) is 5.75 Å². The van der Waals surface area contributed by atoms with Crippen LogP contribution in [0, 0.1) is 11.8 Å². The molecule has 1 saturated carbocycles. The van der Waals surface area contributed by atoms with Crippen LogP contribution in [0.3, 0.4) is 0 Å². The molecule has 3 nitrogen and oxygen atoms in total. The van der Waals surface area contributed by atoms with Crippen LogP contribution in [0.25, 0.3) is 0 Å². The minimum Gasteiger partial charge on any atom is -0.494 e. The number of carbonyl (C=O) groups excluding carboxylic acids is 1. The minimum absolute atomic E-state index is 0.0520. The van der Waals surface area contributed by atoms with Crippen LogP contribution in [0.4, 0.5) is 0 Å². The monoisotopic (exact) mass is 262 g/mol. The van der Waals surface area contributed by atoms with E-state index < -0.39 is 0 Å². The van der Waals surface area contributed by atoms with E-state index in [1.165, 1.54) is 12.7 Å². The average molecular weight is 262 g/mol. The molecule has 0 heterocycles. The van der Waals surface area contributed by atoms with Gasteiger partial charge in [0.15, 0.2) is 0 Å². The maximum absolute atomic E-state index is 11.4. The molecule has 0 bridgehead atoms. The summed E-state index contributed by atoms with van der Waals surface area (Å²) < 4.78 is 10.2. The fourth-order valence-electron chi connectivity index (χ4n) is 2.60. The Bertz CT molecular complexity index is 424. The molecule has 0 saturated heterocycles. The van der Waals surface area contributed by atoms with Crippen molar-refractivity contribution in [3.05, 3.63) is 29.8 Å². The summed E-state index contributed by atoms with van der Waals surface area (Å²) in [6.45, 7) is 4.89. The van der Waals surface area contributed by atoms with Crippen LogP contribution in [0.1, 0.15) is 38.2 Å². The summed E-state index contributed by atoms with van der Waals surface area (Å²) >= 11 is 0. The Labute approximate surface area is 114 Å². The highest BCUT2D eigenvalue weighted by atomic mass is 16.5. The van der Waals surface area contributed by atoms with Gasteiger partial charge in [0.05, 0.1) is 19.6 Å². The van der Waals surface area contributed by atoms with Crippen LogP contribution in [0.5, 0.6) is 5.75 Å². The van der Waals surface area contributed by atoms with Crippen LogP contribution in [-0.2, 0) is 9.53 Å². The molecule has 1 aromatic rings. The van der Waals surface area contributed by atoms with Gasteiger partial charge >= 0.3 is 5.97 Å². The SMILES string of the molecule is CCOc1ccc(C(C)CC2CC2C(=O)OC)cc1. The standard InChI is InChI=1S/C16H22O3/c1-4-19-14-7-5-12(6-8-14)11(2)9-13-10-15(13)16(17)18-3/h5-8,11,13,15H,4,9-10H2,1-3H3. The molecule has 104 valence electrons. The molecule has 1 aliphatic rings. The molecular weight excluding hydrogens is 240 g/mol. The fourth-order valence-corrected chi connectivity index (χ4v) is 2.60. The van der Waals surface area contributed by atoms with Gasteiger partial charge in [-0.15, -0.1) is 0 Å². The minimum atomic E-state index is -0.0520. The molecule has 1 fully saturated rings. The zero-order chi connectivity index (χ0) is 13.8. The lowest BCUT2D eigenvalue weighted by molar-refractivity contribution is -0.142. The van der Waals surface area contributed by atoms with Gasteiger partial charge in [-0.05, 0) is 49.3 Å². The summed E-state index contributed by atoms with van der Waals surface area (Å²) in [7, 11) is 1.47. The van der Waals surface area contributed by atoms with E-state index in [0.717, 1.165) is 18.6 Å². The van der Waals surface area contributed by atoms with Gasteiger partial charge in [0.2, 0.25) is 0 Å². The third-order valence-electron chi connectivity index (χ3n) is 3.84. The number of carbonyl (C=O) groups is 1. The lowest BCUT2D eigenvalue weighted by atomic mass is 9.95. The molecule has 0 aromatic heterocycles. The molecule has 0 aliphatic heterocycles. The summed E-state index contributed by atoms with van der Waals surface area (Å²) in [5.74, 6) is 1.96. The van der Waals surface area contributed by atoms with Crippen LogP contribution in [-0.4, -0.2) is 19.7 Å². The Morgan fingerprint density at radius 1 is 1.37 bits per heavy atom. The molecule has 1 aliphatic carbocycles. The predicted octanol–water partition coefficient (Wildman–Crippen LogP) is 3.39. The molecule has 3 atom stereocenters. The van der Waals surface area contributed by atoms with Gasteiger partial charge in [-0.25, -0.2) is 0 Å². The van der Waals surface area contributed by atoms with Crippen LogP contribution < -0.4 is 4.74 Å². The van der Waals surface area contributed by atoms with Crippen LogP contribution in [0.2, 0.25) is 0 Å². The Morgan fingerprint density at radius 3 is 2.63 bits per heavy atom. The van der Waals surface area contributed by atoms with Gasteiger partial charge in [-0.2, -0.15) is 0 Å². The van der Waals surface area contributed by atoms with E-state index in [9.17, 15) is 4.79 Å². The second-order valence-corrected chi connectivity index (χ2v) is 5.26. The van der Waals surface area contributed by atoms with Crippen molar-refractivity contribution in [3.63, 3.8) is 0 Å². The van der Waals surface area contributed by atoms with Gasteiger partial charge in [-0.3, -0.25) is 4.79 Å². The fraction of sp³-hybridized carbons (Fsp3) is 0.562. The quantitative estimate of drug-likeness (QED) is 0.737. The molecule has 0 N–H and O–H groups in total. The van der Waals surface area contributed by atoms with Gasteiger partial charge < -0.3 is 9.47 Å². The van der Waals surface area contributed by atoms with Crippen molar-refractivity contribution < 1.29 is 14.3 Å². The largest absolute Gasteiger partial charge is 0.494 e. The van der Waals surface area contributed by atoms with E-state index in [2.05, 4.69) is 19.1 Å². The molecule has 0 amide bonds. The maximum Gasteiger partial charge on any atom is 0.308 e. The first-order valence-electron chi connectivity index (χ1n) is 6.96. The van der Waals surface area contributed by atoms with Crippen LogP contribution >= 0.6 is 0 Å². The molecule has 0 spiro atoms. The Morgan fingerprint density at radius 2 is 2.05 bits per heavy atom. The average Bonchev–Trinajstić information content (AvgIpc) is 3.18. The summed E-state index contributed by atoms with van der Waals surface area (Å²) in [6.07, 6.45) is 2.03. The molecule has 3 heteroatoms. The summed E-state index contributed by atoms with van der Waals surface area (Å²) in [5, 5.41) is 0. The van der Waals surface area contributed by atoms with Crippen molar-refractivity contribution in [2.24, 2.45) is 11.8 Å². The summed E-state index contributed by atoms with van der Waals surface area (Å²) in [6, 6.07) is 8.26. The third kappa shape index (κ3) is 3.49. The van der Waals surface area contributed by atoms with E-state index in [1.807, 2.05) is 19.1 Å². The van der Waals surface area contributed by atoms with Gasteiger partial charge in [0, 0.05) is 0 Å². The van der Waals surface area contributed by atoms with Gasteiger partial charge in [0.1, 0.15) is 5.75 Å². The Kier molecular flexibility index (Phi) is 4.46. The normalized spacial score (nSPS) is 22.7. The van der Waals surface area contributed by atoms with Crippen molar-refractivity contribution in [1.82, 2.24) is 0 Å². The maximum atomic E-state index is 11.4. The van der Waals surface area contributed by atoms with E-state index >= 15 is 0 Å². The molecule has 0 radical (unpaired) electrons. The van der Waals surface area contributed by atoms with Gasteiger partial charge in [-0.1, -0.05) is 19.1 Å². The second-order valence-electron chi connectivity index (χ2n) is 5.26. The van der Waals surface area contributed by atoms with Crippen molar-refractivity contribution >= 4 is 5.97 Å². The predicted molar refractivity (Wildman–Crippen MR) is 74.3 cm³/mol. The van der Waals surface area contributed by atoms with E-state index in [1.54, 1.807) is 0 Å². The van der Waals surface area contributed by atoms with E-state index in [-0.39, 0.29) is 11.9 Å². The Hall–Kier alpha value is -1.51. The number of rotatable bonds is 6. The Balaban J connectivity index is 1.87. The summed E-state index contributed by atoms with van der Waals surface area (Å²) in [5.41, 5.74) is 1.30. The topological polar surface area (TPSA) is 35.5 Å². The smallest absolute Gasteiger partial charge is 0.308 e. The highest BCUT2D eigenvalue weighted by Crippen LogP contribution is 2.45. The van der Waals surface area contributed by atoms with Crippen LogP contribution in [0.15, 0.2) is 24.3 Å². The molecular formula is C16H22O3. The third-order valence-corrected chi connectivity index (χ3v) is 3.84. The molecule has 19 heavy (non-hydrogen) atoms. The highest BCUT2D eigenvalue weighted by Gasteiger charge is 2.44. The number of hydrogen-bond donors (Lipinski definition) is 0. The highest BCUT2D eigenvalue weighted by molar-refractivity contribution is 5.75. The number of benzene rings is 1. The second kappa shape index (κ2) is 6.09. The number of ether oxygens (including phenoxy) is 2. The molecule has 1 aromatic carbocycles. The zero-order valence-corrected chi connectivity index (χ0v) is 11.9. The van der Waals surface area contributed by atoms with Crippen molar-refractivity contribution in [2.75, 3.05) is 13.7 Å². The van der Waals surface area contributed by atoms with E-state index in [0.29, 0.717) is 18.4 Å². The lowest BCUT2D eigenvalue weighted by Crippen LogP contribution is -2.05. The number of methoxy groups -OCH3 is 1. The first-order chi connectivity index (χ1) is 9.15. The van der Waals surface area contributed by atoms with E-state index in [4.69, 9.17) is 9.47 Å². The number of hydrogen-bond acceptors (Lipinski definition) is 3. The van der Waals surface area contributed by atoms with Crippen molar-refractivity contribution in [2.45, 2.75) is 32.6 Å². The van der Waals surface area contributed by atoms with Gasteiger partial charge in [0.25, 0.3) is 0 Å². The molecule has 3 unspecified atom stereocenters. The summed E-state index contributed by atoms with van der Waals surface area (Å²) in [4.78, 5) is 11.4. The molecule has 2 rings (SSSR count). The zero-order valence-electron chi connectivity index (χ0n) is 11.9. The lowest BCUT2D eigenvalue weighted by Gasteiger charge is -2.12. The first kappa shape index (κ1) is 13.9. The first-order valence-corrected chi connectivity index (χ1v) is 6.96.